The van der Waals surface area contributed by atoms with E-state index in [0.29, 0.717) is 21.4 Å². The molecule has 2 aromatic carbocycles. The quantitative estimate of drug-likeness (QED) is 0.254. The highest BCUT2D eigenvalue weighted by Crippen LogP contribution is 2.36. The molecule has 0 unspecified atom stereocenters. The van der Waals surface area contributed by atoms with E-state index >= 15 is 0 Å². The largest absolute Gasteiger partial charge is 0.365 e. The average Bonchev–Trinajstić information content (AvgIpc) is 2.70. The van der Waals surface area contributed by atoms with Gasteiger partial charge in [0.05, 0.1) is 16.7 Å². The number of carbonyl (C=O) groups excluding carboxylic acids is 1. The Hall–Kier alpha value is -2.38. The molecule has 1 aliphatic rings. The summed E-state index contributed by atoms with van der Waals surface area (Å²) in [7, 11) is 0. The Bertz CT molecular complexity index is 880. The maximum Gasteiger partial charge on any atom is 0.365 e. The lowest BCUT2D eigenvalue weighted by Crippen LogP contribution is -2.08. The standard InChI is InChI=1S/C20H19ClN2O4S/c21-16-8-6-14(7-9-16)20(24)27-22-13-15-12-17(23(25)26)10-11-19(15)28-18-4-2-1-3-5-18/h6-13,18H,1-5H2. The van der Waals surface area contributed by atoms with E-state index < -0.39 is 10.9 Å². The van der Waals surface area contributed by atoms with Crippen LogP contribution in [0.5, 0.6) is 0 Å². The van der Waals surface area contributed by atoms with Crippen LogP contribution in [-0.2, 0) is 4.84 Å². The van der Waals surface area contributed by atoms with Gasteiger partial charge in [-0.1, -0.05) is 36.0 Å². The molecule has 0 aliphatic heterocycles. The van der Waals surface area contributed by atoms with Gasteiger partial charge in [-0.25, -0.2) is 4.79 Å². The highest BCUT2D eigenvalue weighted by molar-refractivity contribution is 8.00. The first kappa shape index (κ1) is 20.4. The lowest BCUT2D eigenvalue weighted by molar-refractivity contribution is -0.384. The third-order valence-corrected chi connectivity index (χ3v) is 6.14. The third kappa shape index (κ3) is 5.56. The monoisotopic (exact) mass is 418 g/mol. The van der Waals surface area contributed by atoms with Crippen molar-refractivity contribution in [1.29, 1.82) is 0 Å². The first-order valence-electron chi connectivity index (χ1n) is 8.98. The number of rotatable bonds is 6. The summed E-state index contributed by atoms with van der Waals surface area (Å²) in [5, 5.41) is 15.9. The van der Waals surface area contributed by atoms with Gasteiger partial charge in [0.15, 0.2) is 0 Å². The number of nitro benzene ring substituents is 1. The second kappa shape index (κ2) is 9.71. The van der Waals surface area contributed by atoms with Gasteiger partial charge in [0.25, 0.3) is 5.69 Å². The molecular weight excluding hydrogens is 400 g/mol. The molecular formula is C20H19ClN2O4S. The summed E-state index contributed by atoms with van der Waals surface area (Å²) in [4.78, 5) is 28.5. The Kier molecular flexibility index (Phi) is 7.06. The normalized spacial score (nSPS) is 14.9. The molecule has 28 heavy (non-hydrogen) atoms. The predicted molar refractivity (Wildman–Crippen MR) is 110 cm³/mol. The van der Waals surface area contributed by atoms with Gasteiger partial charge in [0, 0.05) is 32.9 Å². The highest BCUT2D eigenvalue weighted by Gasteiger charge is 2.18. The fraction of sp³-hybridized carbons (Fsp3) is 0.300. The van der Waals surface area contributed by atoms with Crippen LogP contribution in [0.25, 0.3) is 0 Å². The Morgan fingerprint density at radius 3 is 2.57 bits per heavy atom. The summed E-state index contributed by atoms with van der Waals surface area (Å²) in [5.74, 6) is -0.625. The van der Waals surface area contributed by atoms with Gasteiger partial charge in [0.1, 0.15) is 0 Å². The van der Waals surface area contributed by atoms with Gasteiger partial charge in [-0.2, -0.15) is 0 Å². The summed E-state index contributed by atoms with van der Waals surface area (Å²) in [6, 6.07) is 10.9. The van der Waals surface area contributed by atoms with Crippen molar-refractivity contribution in [3.05, 3.63) is 68.7 Å². The van der Waals surface area contributed by atoms with E-state index in [2.05, 4.69) is 5.16 Å². The number of hydrogen-bond acceptors (Lipinski definition) is 6. The van der Waals surface area contributed by atoms with Crippen LogP contribution in [0.3, 0.4) is 0 Å². The van der Waals surface area contributed by atoms with Gasteiger partial charge in [0.2, 0.25) is 0 Å². The van der Waals surface area contributed by atoms with Crippen molar-refractivity contribution in [2.24, 2.45) is 5.16 Å². The minimum atomic E-state index is -0.625. The molecule has 3 rings (SSSR count). The fourth-order valence-corrected chi connectivity index (χ4v) is 4.44. The molecule has 2 aromatic rings. The summed E-state index contributed by atoms with van der Waals surface area (Å²) in [6.45, 7) is 0. The van der Waals surface area contributed by atoms with Crippen molar-refractivity contribution < 1.29 is 14.6 Å². The Labute approximate surface area is 172 Å². The third-order valence-electron chi connectivity index (χ3n) is 4.46. The molecule has 0 radical (unpaired) electrons. The van der Waals surface area contributed by atoms with E-state index in [1.165, 1.54) is 49.7 Å². The molecule has 1 saturated carbocycles. The number of non-ortho nitro benzene ring substituents is 1. The van der Waals surface area contributed by atoms with E-state index in [-0.39, 0.29) is 5.69 Å². The first-order chi connectivity index (χ1) is 13.5. The number of benzene rings is 2. The van der Waals surface area contributed by atoms with Crippen molar-refractivity contribution in [2.75, 3.05) is 0 Å². The van der Waals surface area contributed by atoms with Gasteiger partial charge < -0.3 is 4.84 Å². The molecule has 0 spiro atoms. The number of thioether (sulfide) groups is 1. The topological polar surface area (TPSA) is 81.8 Å². The van der Waals surface area contributed by atoms with Crippen LogP contribution in [-0.4, -0.2) is 22.4 Å². The zero-order valence-electron chi connectivity index (χ0n) is 15.0. The average molecular weight is 419 g/mol. The van der Waals surface area contributed by atoms with Crippen LogP contribution in [0.2, 0.25) is 5.02 Å². The summed E-state index contributed by atoms with van der Waals surface area (Å²) in [6.07, 6.45) is 7.27. The fourth-order valence-electron chi connectivity index (χ4n) is 2.99. The molecule has 0 amide bonds. The minimum absolute atomic E-state index is 0.0292. The maximum atomic E-state index is 12.0. The van der Waals surface area contributed by atoms with E-state index in [9.17, 15) is 14.9 Å². The molecule has 0 heterocycles. The van der Waals surface area contributed by atoms with Crippen LogP contribution >= 0.6 is 23.4 Å². The van der Waals surface area contributed by atoms with Crippen LogP contribution in [0.1, 0.15) is 48.0 Å². The highest BCUT2D eigenvalue weighted by atomic mass is 35.5. The van der Waals surface area contributed by atoms with Gasteiger partial charge in [-0.3, -0.25) is 10.1 Å². The Morgan fingerprint density at radius 2 is 1.89 bits per heavy atom. The number of carbonyl (C=O) groups is 1. The number of nitrogens with zero attached hydrogens (tertiary/aromatic N) is 2. The molecule has 0 bridgehead atoms. The second-order valence-corrected chi connectivity index (χ2v) is 8.26. The molecule has 0 aromatic heterocycles. The SMILES string of the molecule is O=C(ON=Cc1cc([N+](=O)[O-])ccc1SC1CCCCC1)c1ccc(Cl)cc1. The molecule has 8 heteroatoms. The van der Waals surface area contributed by atoms with Gasteiger partial charge in [-0.05, 0) is 43.2 Å². The van der Waals surface area contributed by atoms with E-state index in [4.69, 9.17) is 16.4 Å². The van der Waals surface area contributed by atoms with Crippen molar-refractivity contribution in [3.8, 4) is 0 Å². The predicted octanol–water partition coefficient (Wildman–Crippen LogP) is 5.86. The molecule has 0 N–H and O–H groups in total. The zero-order chi connectivity index (χ0) is 19.9. The number of oxime groups is 1. The molecule has 0 atom stereocenters. The van der Waals surface area contributed by atoms with Crippen LogP contribution in [0.4, 0.5) is 5.69 Å². The minimum Gasteiger partial charge on any atom is -0.313 e. The van der Waals surface area contributed by atoms with Crippen LogP contribution < -0.4 is 0 Å². The summed E-state index contributed by atoms with van der Waals surface area (Å²) < 4.78 is 0. The molecule has 1 fully saturated rings. The van der Waals surface area contributed by atoms with Crippen molar-refractivity contribution >= 4 is 41.2 Å². The lowest BCUT2D eigenvalue weighted by atomic mass is 10.0. The number of hydrogen-bond donors (Lipinski definition) is 0. The van der Waals surface area contributed by atoms with Crippen molar-refractivity contribution in [1.82, 2.24) is 0 Å². The molecule has 146 valence electrons. The molecule has 6 nitrogen and oxygen atoms in total. The Balaban J connectivity index is 1.74. The van der Waals surface area contributed by atoms with Crippen molar-refractivity contribution in [3.63, 3.8) is 0 Å². The smallest absolute Gasteiger partial charge is 0.313 e. The summed E-state index contributed by atoms with van der Waals surface area (Å²) >= 11 is 7.50. The number of nitro groups is 1. The van der Waals surface area contributed by atoms with E-state index in [0.717, 1.165) is 17.7 Å². The summed E-state index contributed by atoms with van der Waals surface area (Å²) in [5.41, 5.74) is 0.851. The second-order valence-electron chi connectivity index (χ2n) is 6.48. The maximum absolute atomic E-state index is 12.0. The van der Waals surface area contributed by atoms with E-state index in [1.54, 1.807) is 30.0 Å². The van der Waals surface area contributed by atoms with E-state index in [1.807, 2.05) is 0 Å². The molecule has 0 saturated heterocycles. The Morgan fingerprint density at radius 1 is 1.18 bits per heavy atom. The zero-order valence-corrected chi connectivity index (χ0v) is 16.6. The first-order valence-corrected chi connectivity index (χ1v) is 10.2. The van der Waals surface area contributed by atoms with Gasteiger partial charge in [-0.15, -0.1) is 11.8 Å². The molecule has 1 aliphatic carbocycles. The lowest BCUT2D eigenvalue weighted by Gasteiger charge is -2.21. The number of halogens is 1. The van der Waals surface area contributed by atoms with Crippen LogP contribution in [0.15, 0.2) is 52.5 Å². The van der Waals surface area contributed by atoms with Gasteiger partial charge >= 0.3 is 5.97 Å². The van der Waals surface area contributed by atoms with Crippen LogP contribution in [0, 0.1) is 10.1 Å². The van der Waals surface area contributed by atoms with Crippen molar-refractivity contribution in [2.45, 2.75) is 42.2 Å².